The van der Waals surface area contributed by atoms with Gasteiger partial charge >= 0.3 is 0 Å². The van der Waals surface area contributed by atoms with Gasteiger partial charge in [0.1, 0.15) is 0 Å². The van der Waals surface area contributed by atoms with E-state index in [0.717, 1.165) is 26.1 Å². The molecule has 0 bridgehead atoms. The van der Waals surface area contributed by atoms with Crippen LogP contribution in [0.3, 0.4) is 0 Å². The SMILES string of the molecule is CCC1C(=O)NCCN1CC(C)(C)N1CCCC1. The van der Waals surface area contributed by atoms with Crippen molar-refractivity contribution < 1.29 is 4.79 Å². The van der Waals surface area contributed by atoms with Crippen LogP contribution in [-0.4, -0.2) is 60.0 Å². The first kappa shape index (κ1) is 13.8. The molecule has 2 aliphatic rings. The molecule has 1 N–H and O–H groups in total. The Kier molecular flexibility index (Phi) is 4.28. The highest BCUT2D eigenvalue weighted by atomic mass is 16.2. The molecule has 2 rings (SSSR count). The highest BCUT2D eigenvalue weighted by Gasteiger charge is 2.35. The van der Waals surface area contributed by atoms with E-state index in [2.05, 4.69) is 35.9 Å². The van der Waals surface area contributed by atoms with E-state index in [-0.39, 0.29) is 17.5 Å². The van der Waals surface area contributed by atoms with E-state index in [1.165, 1.54) is 25.9 Å². The number of amides is 1. The number of hydrogen-bond donors (Lipinski definition) is 1. The number of rotatable bonds is 4. The zero-order valence-corrected chi connectivity index (χ0v) is 12.0. The molecule has 0 saturated carbocycles. The Morgan fingerprint density at radius 3 is 2.56 bits per heavy atom. The lowest BCUT2D eigenvalue weighted by Gasteiger charge is -2.43. The second-order valence-corrected chi connectivity index (χ2v) is 6.19. The highest BCUT2D eigenvalue weighted by molar-refractivity contribution is 5.82. The van der Waals surface area contributed by atoms with Gasteiger partial charge in [-0.15, -0.1) is 0 Å². The Morgan fingerprint density at radius 1 is 1.28 bits per heavy atom. The molecule has 104 valence electrons. The molecule has 18 heavy (non-hydrogen) atoms. The van der Waals surface area contributed by atoms with Gasteiger partial charge in [0.25, 0.3) is 0 Å². The van der Waals surface area contributed by atoms with E-state index in [4.69, 9.17) is 0 Å². The number of hydrogen-bond acceptors (Lipinski definition) is 3. The smallest absolute Gasteiger partial charge is 0.237 e. The largest absolute Gasteiger partial charge is 0.353 e. The standard InChI is InChI=1S/C14H27N3O/c1-4-12-13(18)15-7-10-16(12)11-14(2,3)17-8-5-6-9-17/h12H,4-11H2,1-3H3,(H,15,18). The summed E-state index contributed by atoms with van der Waals surface area (Å²) in [5.74, 6) is 0.209. The first-order valence-corrected chi connectivity index (χ1v) is 7.31. The topological polar surface area (TPSA) is 35.6 Å². The van der Waals surface area contributed by atoms with Crippen molar-refractivity contribution in [2.45, 2.75) is 51.6 Å². The van der Waals surface area contributed by atoms with Gasteiger partial charge in [-0.25, -0.2) is 0 Å². The van der Waals surface area contributed by atoms with Gasteiger partial charge in [-0.05, 0) is 46.2 Å². The molecule has 0 aromatic rings. The second-order valence-electron chi connectivity index (χ2n) is 6.19. The zero-order valence-electron chi connectivity index (χ0n) is 12.0. The van der Waals surface area contributed by atoms with E-state index < -0.39 is 0 Å². The molecule has 2 aliphatic heterocycles. The molecule has 1 unspecified atom stereocenters. The van der Waals surface area contributed by atoms with Crippen LogP contribution in [0.1, 0.15) is 40.0 Å². The molecule has 0 aliphatic carbocycles. The molecule has 4 heteroatoms. The van der Waals surface area contributed by atoms with Crippen LogP contribution < -0.4 is 5.32 Å². The number of carbonyl (C=O) groups excluding carboxylic acids is 1. The molecule has 1 atom stereocenters. The zero-order chi connectivity index (χ0) is 13.2. The molecule has 0 spiro atoms. The van der Waals surface area contributed by atoms with Crippen LogP contribution in [-0.2, 0) is 4.79 Å². The fourth-order valence-corrected chi connectivity index (χ4v) is 3.31. The maximum absolute atomic E-state index is 11.9. The van der Waals surface area contributed by atoms with Gasteiger partial charge in [-0.1, -0.05) is 6.92 Å². The molecule has 0 radical (unpaired) electrons. The summed E-state index contributed by atoms with van der Waals surface area (Å²) >= 11 is 0. The molecule has 0 aromatic heterocycles. The summed E-state index contributed by atoms with van der Waals surface area (Å²) in [6.07, 6.45) is 3.55. The van der Waals surface area contributed by atoms with Crippen molar-refractivity contribution in [2.75, 3.05) is 32.7 Å². The summed E-state index contributed by atoms with van der Waals surface area (Å²) < 4.78 is 0. The molecular formula is C14H27N3O. The highest BCUT2D eigenvalue weighted by Crippen LogP contribution is 2.23. The summed E-state index contributed by atoms with van der Waals surface area (Å²) in [6.45, 7) is 11.9. The van der Waals surface area contributed by atoms with Crippen LogP contribution in [0.4, 0.5) is 0 Å². The minimum absolute atomic E-state index is 0.0700. The lowest BCUT2D eigenvalue weighted by atomic mass is 9.99. The summed E-state index contributed by atoms with van der Waals surface area (Å²) in [6, 6.07) is 0.0700. The van der Waals surface area contributed by atoms with Crippen LogP contribution in [0.25, 0.3) is 0 Å². The lowest BCUT2D eigenvalue weighted by molar-refractivity contribution is -0.130. The Hall–Kier alpha value is -0.610. The van der Waals surface area contributed by atoms with E-state index in [1.54, 1.807) is 0 Å². The predicted molar refractivity (Wildman–Crippen MR) is 73.5 cm³/mol. The van der Waals surface area contributed by atoms with Crippen molar-refractivity contribution >= 4 is 5.91 Å². The van der Waals surface area contributed by atoms with Crippen LogP contribution >= 0.6 is 0 Å². The summed E-state index contributed by atoms with van der Waals surface area (Å²) in [5, 5.41) is 2.97. The second kappa shape index (κ2) is 5.57. The Balaban J connectivity index is 1.99. The molecule has 4 nitrogen and oxygen atoms in total. The van der Waals surface area contributed by atoms with E-state index in [0.29, 0.717) is 0 Å². The predicted octanol–water partition coefficient (Wildman–Crippen LogP) is 1.07. The Labute approximate surface area is 111 Å². The molecule has 2 fully saturated rings. The van der Waals surface area contributed by atoms with E-state index in [1.807, 2.05) is 0 Å². The average Bonchev–Trinajstić information content (AvgIpc) is 2.83. The Bertz CT molecular complexity index is 297. The number of piperazine rings is 1. The molecule has 0 aromatic carbocycles. The Morgan fingerprint density at radius 2 is 1.94 bits per heavy atom. The van der Waals surface area contributed by atoms with Crippen molar-refractivity contribution in [3.63, 3.8) is 0 Å². The third-order valence-electron chi connectivity index (χ3n) is 4.38. The average molecular weight is 253 g/mol. The maximum Gasteiger partial charge on any atom is 0.237 e. The number of carbonyl (C=O) groups is 1. The van der Waals surface area contributed by atoms with Gasteiger partial charge in [-0.3, -0.25) is 14.6 Å². The van der Waals surface area contributed by atoms with Crippen LogP contribution in [0, 0.1) is 0 Å². The maximum atomic E-state index is 11.9. The van der Waals surface area contributed by atoms with Crippen molar-refractivity contribution in [3.05, 3.63) is 0 Å². The number of nitrogens with zero attached hydrogens (tertiary/aromatic N) is 2. The minimum Gasteiger partial charge on any atom is -0.353 e. The van der Waals surface area contributed by atoms with Gasteiger partial charge in [0.05, 0.1) is 6.04 Å². The van der Waals surface area contributed by atoms with Crippen LogP contribution in [0.2, 0.25) is 0 Å². The fourth-order valence-electron chi connectivity index (χ4n) is 3.31. The van der Waals surface area contributed by atoms with Crippen molar-refractivity contribution in [1.82, 2.24) is 15.1 Å². The van der Waals surface area contributed by atoms with Gasteiger partial charge < -0.3 is 5.32 Å². The van der Waals surface area contributed by atoms with Gasteiger partial charge in [-0.2, -0.15) is 0 Å². The summed E-state index contributed by atoms with van der Waals surface area (Å²) in [4.78, 5) is 16.8. The fraction of sp³-hybridized carbons (Fsp3) is 0.929. The summed E-state index contributed by atoms with van der Waals surface area (Å²) in [5.41, 5.74) is 0.182. The number of likely N-dealkylation sites (tertiary alicyclic amines) is 1. The molecule has 2 saturated heterocycles. The monoisotopic (exact) mass is 253 g/mol. The van der Waals surface area contributed by atoms with Crippen LogP contribution in [0.15, 0.2) is 0 Å². The molecular weight excluding hydrogens is 226 g/mol. The summed E-state index contributed by atoms with van der Waals surface area (Å²) in [7, 11) is 0. The van der Waals surface area contributed by atoms with Crippen LogP contribution in [0.5, 0.6) is 0 Å². The van der Waals surface area contributed by atoms with E-state index in [9.17, 15) is 4.79 Å². The first-order valence-electron chi connectivity index (χ1n) is 7.31. The van der Waals surface area contributed by atoms with Crippen molar-refractivity contribution in [2.24, 2.45) is 0 Å². The number of nitrogens with one attached hydrogen (secondary N) is 1. The van der Waals surface area contributed by atoms with Crippen molar-refractivity contribution in [3.8, 4) is 0 Å². The normalized spacial score (nSPS) is 27.5. The third kappa shape index (κ3) is 2.86. The molecule has 2 heterocycles. The first-order chi connectivity index (χ1) is 8.54. The van der Waals surface area contributed by atoms with E-state index >= 15 is 0 Å². The lowest BCUT2D eigenvalue weighted by Crippen LogP contribution is -2.60. The van der Waals surface area contributed by atoms with Gasteiger partial charge in [0.2, 0.25) is 5.91 Å². The van der Waals surface area contributed by atoms with Crippen molar-refractivity contribution in [1.29, 1.82) is 0 Å². The van der Waals surface area contributed by atoms with Gasteiger partial charge in [0.15, 0.2) is 0 Å². The third-order valence-corrected chi connectivity index (χ3v) is 4.38. The van der Waals surface area contributed by atoms with Gasteiger partial charge in [0, 0.05) is 25.2 Å². The minimum atomic E-state index is 0.0700. The molecule has 1 amide bonds. The quantitative estimate of drug-likeness (QED) is 0.814.